The topological polar surface area (TPSA) is 104 Å². The van der Waals surface area contributed by atoms with E-state index in [2.05, 4.69) is 0 Å². The molecule has 0 aromatic rings. The highest BCUT2D eigenvalue weighted by atomic mass is 16.4. The summed E-state index contributed by atoms with van der Waals surface area (Å²) in [5.41, 5.74) is 0. The molecule has 0 spiro atoms. The molecule has 2 saturated heterocycles. The number of aliphatic hydroxyl groups is 5. The van der Waals surface area contributed by atoms with Crippen LogP contribution in [0.3, 0.4) is 0 Å². The van der Waals surface area contributed by atoms with Crippen molar-refractivity contribution < 1.29 is 25.5 Å². The molecule has 0 aromatic heterocycles. The predicted molar refractivity (Wildman–Crippen MR) is 50.0 cm³/mol. The summed E-state index contributed by atoms with van der Waals surface area (Å²) >= 11 is 0. The van der Waals surface area contributed by atoms with Crippen molar-refractivity contribution in [3.05, 3.63) is 0 Å². The van der Waals surface area contributed by atoms with E-state index in [0.717, 1.165) is 0 Å². The summed E-state index contributed by atoms with van der Waals surface area (Å²) in [6.45, 7) is 1.39. The van der Waals surface area contributed by atoms with Crippen molar-refractivity contribution >= 4 is 0 Å². The average Bonchev–Trinajstić information content (AvgIpc) is 2.59. The first-order valence-electron chi connectivity index (χ1n) is 5.11. The van der Waals surface area contributed by atoms with Gasteiger partial charge in [-0.15, -0.1) is 0 Å². The lowest BCUT2D eigenvalue weighted by Crippen LogP contribution is -2.45. The van der Waals surface area contributed by atoms with Crippen LogP contribution in [0.25, 0.3) is 0 Å². The summed E-state index contributed by atoms with van der Waals surface area (Å²) in [7, 11) is 0. The quantitative estimate of drug-likeness (QED) is 0.319. The third kappa shape index (κ3) is 1.33. The molecule has 0 aromatic carbocycles. The number of nitrogens with zero attached hydrogens (tertiary/aromatic N) is 1. The normalized spacial score (nSPS) is 56.0. The summed E-state index contributed by atoms with van der Waals surface area (Å²) in [6, 6.07) is -1.69. The molecule has 5 N–H and O–H groups in total. The van der Waals surface area contributed by atoms with Crippen molar-refractivity contribution in [2.45, 2.75) is 49.5 Å². The third-order valence-electron chi connectivity index (χ3n) is 3.67. The highest BCUT2D eigenvalue weighted by molar-refractivity contribution is 5.12. The van der Waals surface area contributed by atoms with E-state index in [9.17, 15) is 20.4 Å². The van der Waals surface area contributed by atoms with Crippen LogP contribution >= 0.6 is 0 Å². The van der Waals surface area contributed by atoms with E-state index in [4.69, 9.17) is 5.11 Å². The number of hydrogen-bond acceptors (Lipinski definition) is 6. The number of aliphatic hydroxyl groups excluding tert-OH is 5. The van der Waals surface area contributed by atoms with Gasteiger partial charge in [-0.1, -0.05) is 0 Å². The fourth-order valence-electron chi connectivity index (χ4n) is 2.82. The van der Waals surface area contributed by atoms with Crippen LogP contribution in [0.5, 0.6) is 0 Å². The van der Waals surface area contributed by atoms with Crippen LogP contribution in [0.1, 0.15) is 6.92 Å². The van der Waals surface area contributed by atoms with Gasteiger partial charge in [0, 0.05) is 6.04 Å². The van der Waals surface area contributed by atoms with Gasteiger partial charge in [-0.25, -0.2) is 0 Å². The number of hydrogen-bond donors (Lipinski definition) is 5. The van der Waals surface area contributed by atoms with Crippen molar-refractivity contribution in [1.82, 2.24) is 4.90 Å². The van der Waals surface area contributed by atoms with Gasteiger partial charge in [0.05, 0.1) is 43.1 Å². The highest BCUT2D eigenvalue weighted by Crippen LogP contribution is 2.37. The Balaban J connectivity index is 2.29. The zero-order valence-corrected chi connectivity index (χ0v) is 8.43. The Labute approximate surface area is 87.4 Å². The van der Waals surface area contributed by atoms with E-state index in [1.807, 2.05) is 0 Å². The van der Waals surface area contributed by atoms with Crippen LogP contribution in [0.4, 0.5) is 0 Å². The van der Waals surface area contributed by atoms with Crippen LogP contribution < -0.4 is 0 Å². The molecule has 0 amide bonds. The molecule has 0 aliphatic carbocycles. The van der Waals surface area contributed by atoms with Gasteiger partial charge in [0.1, 0.15) is 0 Å². The molecule has 2 rings (SSSR count). The summed E-state index contributed by atoms with van der Waals surface area (Å²) in [6.07, 6.45) is -4.24. The van der Waals surface area contributed by atoms with Crippen molar-refractivity contribution in [2.75, 3.05) is 6.61 Å². The minimum Gasteiger partial charge on any atom is -0.395 e. The van der Waals surface area contributed by atoms with Crippen LogP contribution in [-0.4, -0.2) is 79.6 Å². The Hall–Kier alpha value is -0.240. The van der Waals surface area contributed by atoms with Gasteiger partial charge in [-0.05, 0) is 6.92 Å². The van der Waals surface area contributed by atoms with E-state index in [0.29, 0.717) is 0 Å². The summed E-state index contributed by atoms with van der Waals surface area (Å²) in [4.78, 5) is 1.60. The van der Waals surface area contributed by atoms with E-state index in [-0.39, 0.29) is 12.6 Å². The molecule has 6 nitrogen and oxygen atoms in total. The van der Waals surface area contributed by atoms with Gasteiger partial charge < -0.3 is 25.5 Å². The van der Waals surface area contributed by atoms with Crippen LogP contribution in [-0.2, 0) is 0 Å². The zero-order valence-electron chi connectivity index (χ0n) is 8.43. The molecular weight excluding hydrogens is 202 g/mol. The van der Waals surface area contributed by atoms with Crippen molar-refractivity contribution in [3.63, 3.8) is 0 Å². The number of rotatable bonds is 1. The Morgan fingerprint density at radius 2 is 1.47 bits per heavy atom. The van der Waals surface area contributed by atoms with E-state index >= 15 is 0 Å². The second kappa shape index (κ2) is 3.65. The highest BCUT2D eigenvalue weighted by Gasteiger charge is 2.59. The molecule has 0 unspecified atom stereocenters. The largest absolute Gasteiger partial charge is 0.395 e. The first-order chi connectivity index (χ1) is 7.00. The summed E-state index contributed by atoms with van der Waals surface area (Å²) < 4.78 is 0. The Morgan fingerprint density at radius 3 is 2.00 bits per heavy atom. The minimum absolute atomic E-state index is 0.307. The fourth-order valence-corrected chi connectivity index (χ4v) is 2.82. The molecule has 2 aliphatic heterocycles. The van der Waals surface area contributed by atoms with Gasteiger partial charge in [0.2, 0.25) is 0 Å². The Morgan fingerprint density at radius 1 is 0.933 bits per heavy atom. The van der Waals surface area contributed by atoms with Crippen LogP contribution in [0.2, 0.25) is 0 Å². The van der Waals surface area contributed by atoms with E-state index in [1.165, 1.54) is 0 Å². The van der Waals surface area contributed by atoms with Crippen molar-refractivity contribution in [1.29, 1.82) is 0 Å². The first-order valence-corrected chi connectivity index (χ1v) is 5.11. The summed E-state index contributed by atoms with van der Waals surface area (Å²) in [5, 5.41) is 47.8. The molecule has 0 radical (unpaired) electrons. The molecule has 15 heavy (non-hydrogen) atoms. The maximum absolute atomic E-state index is 9.70. The smallest absolute Gasteiger partial charge is 0.0996 e. The van der Waals surface area contributed by atoms with Crippen LogP contribution in [0, 0.1) is 0 Å². The lowest BCUT2D eigenvalue weighted by atomic mass is 10.00. The van der Waals surface area contributed by atoms with Gasteiger partial charge in [0.15, 0.2) is 0 Å². The molecule has 88 valence electrons. The van der Waals surface area contributed by atoms with Crippen molar-refractivity contribution in [2.24, 2.45) is 0 Å². The van der Waals surface area contributed by atoms with Gasteiger partial charge in [0.25, 0.3) is 0 Å². The molecule has 0 saturated carbocycles. The molecule has 2 fully saturated rings. The monoisotopic (exact) mass is 219 g/mol. The second-order valence-electron chi connectivity index (χ2n) is 4.39. The Kier molecular flexibility index (Phi) is 2.74. The molecule has 7 atom stereocenters. The average molecular weight is 219 g/mol. The zero-order chi connectivity index (χ0) is 11.3. The minimum atomic E-state index is -1.13. The molecule has 2 aliphatic rings. The third-order valence-corrected chi connectivity index (χ3v) is 3.67. The fraction of sp³-hybridized carbons (Fsp3) is 1.00. The van der Waals surface area contributed by atoms with Crippen molar-refractivity contribution in [3.8, 4) is 0 Å². The molecule has 6 heteroatoms. The maximum atomic E-state index is 9.70. The van der Waals surface area contributed by atoms with E-state index < -0.39 is 36.5 Å². The lowest BCUT2D eigenvalue weighted by Gasteiger charge is -2.27. The second-order valence-corrected chi connectivity index (χ2v) is 4.39. The Bertz CT molecular complexity index is 251. The predicted octanol–water partition coefficient (Wildman–Crippen LogP) is -3.12. The van der Waals surface area contributed by atoms with Gasteiger partial charge in [-0.3, -0.25) is 4.90 Å². The molecule has 2 heterocycles. The van der Waals surface area contributed by atoms with Crippen LogP contribution in [0.15, 0.2) is 0 Å². The first kappa shape index (κ1) is 11.3. The standard InChI is InChI=1S/C9H17NO5/c1-3-6(12)8(14)5-9(15)7(13)4(2-11)10(3)5/h3-9,11-15H,2H2,1H3/t3-,4-,5-,6+,7-,8-,9+/m1/s1. The molecule has 0 bridgehead atoms. The summed E-state index contributed by atoms with van der Waals surface area (Å²) in [5.74, 6) is 0. The maximum Gasteiger partial charge on any atom is 0.0996 e. The van der Waals surface area contributed by atoms with Gasteiger partial charge in [-0.2, -0.15) is 0 Å². The molecular formula is C9H17NO5. The van der Waals surface area contributed by atoms with Gasteiger partial charge >= 0.3 is 0 Å². The lowest BCUT2D eigenvalue weighted by molar-refractivity contribution is -0.0321. The van der Waals surface area contributed by atoms with E-state index in [1.54, 1.807) is 11.8 Å². The number of fused-ring (bicyclic) bond motifs is 1. The SMILES string of the molecule is C[C@@H]1[C@H](O)[C@H](O)[C@@H]2[C@H](O)[C@H](O)[C@@H](CO)N21.